The van der Waals surface area contributed by atoms with Crippen LogP contribution in [0, 0.1) is 17.8 Å². The van der Waals surface area contributed by atoms with Crippen molar-refractivity contribution in [3.8, 4) is 0 Å². The standard InChI is InChI=1S/C20H27N3O2/c24-19(18-13-14-6-7-15(18)12-14)23-10-8-17(9-11-23)22-20(25)21-16-4-2-1-3-5-16/h1-5,14-15,17-18H,6-13H2,(H2,21,22,25). The van der Waals surface area contributed by atoms with Gasteiger partial charge in [0.15, 0.2) is 0 Å². The average molecular weight is 341 g/mol. The minimum absolute atomic E-state index is 0.146. The summed E-state index contributed by atoms with van der Waals surface area (Å²) in [6, 6.07) is 9.44. The minimum Gasteiger partial charge on any atom is -0.342 e. The summed E-state index contributed by atoms with van der Waals surface area (Å²) in [5.41, 5.74) is 0.795. The van der Waals surface area contributed by atoms with Gasteiger partial charge in [0.1, 0.15) is 0 Å². The van der Waals surface area contributed by atoms with E-state index < -0.39 is 0 Å². The lowest BCUT2D eigenvalue weighted by molar-refractivity contribution is -0.138. The Kier molecular flexibility index (Phi) is 4.64. The molecule has 5 nitrogen and oxygen atoms in total. The molecule has 2 N–H and O–H groups in total. The topological polar surface area (TPSA) is 61.4 Å². The molecule has 2 saturated carbocycles. The number of hydrogen-bond acceptors (Lipinski definition) is 2. The van der Waals surface area contributed by atoms with Crippen LogP contribution in [0.1, 0.15) is 38.5 Å². The number of nitrogens with one attached hydrogen (secondary N) is 2. The Bertz CT molecular complexity index is 625. The summed E-state index contributed by atoms with van der Waals surface area (Å²) >= 11 is 0. The zero-order valence-electron chi connectivity index (χ0n) is 14.6. The number of nitrogens with zero attached hydrogens (tertiary/aromatic N) is 1. The smallest absolute Gasteiger partial charge is 0.319 e. The van der Waals surface area contributed by atoms with E-state index >= 15 is 0 Å². The molecular weight excluding hydrogens is 314 g/mol. The second-order valence-corrected chi connectivity index (χ2v) is 7.85. The molecule has 1 aromatic carbocycles. The number of hydrogen-bond donors (Lipinski definition) is 2. The molecule has 0 radical (unpaired) electrons. The van der Waals surface area contributed by atoms with Gasteiger partial charge in [-0.1, -0.05) is 24.6 Å². The summed E-state index contributed by atoms with van der Waals surface area (Å²) in [6.45, 7) is 1.53. The lowest BCUT2D eigenvalue weighted by Gasteiger charge is -2.35. The summed E-state index contributed by atoms with van der Waals surface area (Å²) in [7, 11) is 0. The second kappa shape index (κ2) is 7.06. The van der Waals surface area contributed by atoms with Crippen LogP contribution in [-0.4, -0.2) is 36.0 Å². The van der Waals surface area contributed by atoms with Crippen LogP contribution in [0.2, 0.25) is 0 Å². The fourth-order valence-corrected chi connectivity index (χ4v) is 4.90. The van der Waals surface area contributed by atoms with Crippen LogP contribution < -0.4 is 10.6 Å². The van der Waals surface area contributed by atoms with Gasteiger partial charge >= 0.3 is 6.03 Å². The van der Waals surface area contributed by atoms with Gasteiger partial charge in [-0.15, -0.1) is 0 Å². The van der Waals surface area contributed by atoms with Crippen LogP contribution in [0.15, 0.2) is 30.3 Å². The third kappa shape index (κ3) is 3.65. The van der Waals surface area contributed by atoms with Gasteiger partial charge in [0.25, 0.3) is 0 Å². The predicted molar refractivity (Wildman–Crippen MR) is 97.1 cm³/mol. The minimum atomic E-state index is -0.163. The lowest BCUT2D eigenvalue weighted by atomic mass is 9.87. The number of fused-ring (bicyclic) bond motifs is 2. The molecule has 1 saturated heterocycles. The number of carbonyl (C=O) groups is 2. The van der Waals surface area contributed by atoms with Gasteiger partial charge in [-0.05, 0) is 56.1 Å². The number of likely N-dealkylation sites (tertiary alicyclic amines) is 1. The van der Waals surface area contributed by atoms with Crippen molar-refractivity contribution >= 4 is 17.6 Å². The number of benzene rings is 1. The summed E-state index contributed by atoms with van der Waals surface area (Å²) < 4.78 is 0. The Morgan fingerprint density at radius 1 is 0.960 bits per heavy atom. The molecule has 1 aromatic rings. The third-order valence-corrected chi connectivity index (χ3v) is 6.23. The lowest BCUT2D eigenvalue weighted by Crippen LogP contribution is -2.49. The molecule has 0 aromatic heterocycles. The van der Waals surface area contributed by atoms with Gasteiger partial charge in [0, 0.05) is 30.7 Å². The SMILES string of the molecule is O=C(Nc1ccccc1)NC1CCN(C(=O)C2CC3CCC2C3)CC1. The Balaban J connectivity index is 1.23. The Labute approximate surface area is 149 Å². The summed E-state index contributed by atoms with van der Waals surface area (Å²) in [6.07, 6.45) is 6.65. The van der Waals surface area contributed by atoms with Crippen molar-refractivity contribution in [3.63, 3.8) is 0 Å². The van der Waals surface area contributed by atoms with E-state index in [1.54, 1.807) is 0 Å². The van der Waals surface area contributed by atoms with Gasteiger partial charge in [0.05, 0.1) is 0 Å². The average Bonchev–Trinajstić information content (AvgIpc) is 3.26. The van der Waals surface area contributed by atoms with Crippen LogP contribution in [-0.2, 0) is 4.79 Å². The summed E-state index contributed by atoms with van der Waals surface area (Å²) in [5.74, 6) is 2.11. The Morgan fingerprint density at radius 2 is 1.72 bits per heavy atom. The van der Waals surface area contributed by atoms with Crippen LogP contribution in [0.5, 0.6) is 0 Å². The van der Waals surface area contributed by atoms with Crippen molar-refractivity contribution in [1.82, 2.24) is 10.2 Å². The molecule has 1 aliphatic heterocycles. The highest BCUT2D eigenvalue weighted by Gasteiger charge is 2.44. The van der Waals surface area contributed by atoms with E-state index in [4.69, 9.17) is 0 Å². The fraction of sp³-hybridized carbons (Fsp3) is 0.600. The molecule has 25 heavy (non-hydrogen) atoms. The summed E-state index contributed by atoms with van der Waals surface area (Å²) in [5, 5.41) is 5.89. The third-order valence-electron chi connectivity index (χ3n) is 6.23. The molecular formula is C20H27N3O2. The van der Waals surface area contributed by atoms with Crippen molar-refractivity contribution in [1.29, 1.82) is 0 Å². The van der Waals surface area contributed by atoms with E-state index in [0.717, 1.165) is 44.0 Å². The first kappa shape index (κ1) is 16.4. The van der Waals surface area contributed by atoms with Gasteiger partial charge in [-0.2, -0.15) is 0 Å². The number of rotatable bonds is 3. The predicted octanol–water partition coefficient (Wildman–Crippen LogP) is 3.24. The molecule has 3 atom stereocenters. The van der Waals surface area contributed by atoms with Crippen molar-refractivity contribution in [2.75, 3.05) is 18.4 Å². The number of urea groups is 1. The van der Waals surface area contributed by atoms with Gasteiger partial charge in [-0.3, -0.25) is 4.79 Å². The van der Waals surface area contributed by atoms with Gasteiger partial charge < -0.3 is 15.5 Å². The first-order valence-electron chi connectivity index (χ1n) is 9.60. The van der Waals surface area contributed by atoms with E-state index in [0.29, 0.717) is 11.8 Å². The molecule has 0 spiro atoms. The fourth-order valence-electron chi connectivity index (χ4n) is 4.90. The molecule has 2 bridgehead atoms. The van der Waals surface area contributed by atoms with E-state index in [1.807, 2.05) is 35.2 Å². The molecule has 3 amide bonds. The first-order chi connectivity index (χ1) is 12.2. The maximum atomic E-state index is 12.8. The highest BCUT2D eigenvalue weighted by Crippen LogP contribution is 2.49. The molecule has 5 heteroatoms. The number of carbonyl (C=O) groups excluding carboxylic acids is 2. The number of amides is 3. The summed E-state index contributed by atoms with van der Waals surface area (Å²) in [4.78, 5) is 26.9. The quantitative estimate of drug-likeness (QED) is 0.887. The molecule has 4 rings (SSSR count). The Morgan fingerprint density at radius 3 is 2.36 bits per heavy atom. The normalized spacial score (nSPS) is 28.8. The molecule has 3 fully saturated rings. The second-order valence-electron chi connectivity index (χ2n) is 7.85. The van der Waals surface area contributed by atoms with Crippen molar-refractivity contribution in [2.24, 2.45) is 17.8 Å². The van der Waals surface area contributed by atoms with Crippen LogP contribution >= 0.6 is 0 Å². The number of piperidine rings is 1. The zero-order chi connectivity index (χ0) is 17.2. The highest BCUT2D eigenvalue weighted by molar-refractivity contribution is 5.89. The van der Waals surface area contributed by atoms with Crippen LogP contribution in [0.4, 0.5) is 10.5 Å². The van der Waals surface area contributed by atoms with Crippen molar-refractivity contribution < 1.29 is 9.59 Å². The van der Waals surface area contributed by atoms with Crippen molar-refractivity contribution in [2.45, 2.75) is 44.6 Å². The molecule has 3 unspecified atom stereocenters. The number of para-hydroxylation sites is 1. The van der Waals surface area contributed by atoms with E-state index in [1.165, 1.54) is 19.3 Å². The van der Waals surface area contributed by atoms with E-state index in [2.05, 4.69) is 10.6 Å². The van der Waals surface area contributed by atoms with Gasteiger partial charge in [0.2, 0.25) is 5.91 Å². The Hall–Kier alpha value is -2.04. The molecule has 1 heterocycles. The molecule has 2 aliphatic carbocycles. The molecule has 3 aliphatic rings. The van der Waals surface area contributed by atoms with Crippen molar-refractivity contribution in [3.05, 3.63) is 30.3 Å². The molecule has 134 valence electrons. The number of anilines is 1. The van der Waals surface area contributed by atoms with E-state index in [-0.39, 0.29) is 18.0 Å². The zero-order valence-corrected chi connectivity index (χ0v) is 14.6. The maximum absolute atomic E-state index is 12.8. The van der Waals surface area contributed by atoms with Crippen LogP contribution in [0.3, 0.4) is 0 Å². The van der Waals surface area contributed by atoms with E-state index in [9.17, 15) is 9.59 Å². The van der Waals surface area contributed by atoms with Crippen LogP contribution in [0.25, 0.3) is 0 Å². The highest BCUT2D eigenvalue weighted by atomic mass is 16.2. The first-order valence-corrected chi connectivity index (χ1v) is 9.60. The maximum Gasteiger partial charge on any atom is 0.319 e. The monoisotopic (exact) mass is 341 g/mol. The van der Waals surface area contributed by atoms with Gasteiger partial charge in [-0.25, -0.2) is 4.79 Å². The largest absolute Gasteiger partial charge is 0.342 e.